The molecule has 120 valence electrons. The van der Waals surface area contributed by atoms with Crippen LogP contribution in [0, 0.1) is 11.8 Å². The van der Waals surface area contributed by atoms with Crippen molar-refractivity contribution in [1.29, 1.82) is 0 Å². The van der Waals surface area contributed by atoms with Crippen LogP contribution in [0.4, 0.5) is 0 Å². The van der Waals surface area contributed by atoms with Crippen molar-refractivity contribution in [3.63, 3.8) is 0 Å². The van der Waals surface area contributed by atoms with Crippen molar-refractivity contribution in [1.82, 2.24) is 4.90 Å². The van der Waals surface area contributed by atoms with E-state index in [0.717, 1.165) is 12.8 Å². The molecule has 1 amide bonds. The summed E-state index contributed by atoms with van der Waals surface area (Å²) in [6.07, 6.45) is 2.43. The zero-order valence-corrected chi connectivity index (χ0v) is 15.5. The SMILES string of the molecule is CN(C)C(=O)[C@@H]1C(=O)CCC[C@H]1C(C)(C)[Se]c1ccccc1. The Bertz CT molecular complexity index is 539. The van der Waals surface area contributed by atoms with Gasteiger partial charge in [-0.3, -0.25) is 0 Å². The number of benzene rings is 1. The first-order chi connectivity index (χ1) is 10.3. The summed E-state index contributed by atoms with van der Waals surface area (Å²) in [6.45, 7) is 4.44. The van der Waals surface area contributed by atoms with E-state index >= 15 is 0 Å². The van der Waals surface area contributed by atoms with Crippen LogP contribution in [0.2, 0.25) is 4.31 Å². The number of nitrogens with zero attached hydrogens (tertiary/aromatic N) is 1. The molecular formula is C18H25NO2Se. The number of Topliss-reactive ketones (excluding diaryl/α,β-unsaturated/α-hetero) is 1. The summed E-state index contributed by atoms with van der Waals surface area (Å²) in [6, 6.07) is 10.4. The third-order valence-corrected chi connectivity index (χ3v) is 7.22. The number of carbonyl (C=O) groups excluding carboxylic acids is 2. The molecule has 3 nitrogen and oxygen atoms in total. The first kappa shape index (κ1) is 17.2. The van der Waals surface area contributed by atoms with Gasteiger partial charge in [-0.1, -0.05) is 0 Å². The van der Waals surface area contributed by atoms with E-state index in [1.165, 1.54) is 4.46 Å². The molecule has 0 aromatic heterocycles. The van der Waals surface area contributed by atoms with Gasteiger partial charge >= 0.3 is 139 Å². The number of hydrogen-bond donors (Lipinski definition) is 0. The Balaban J connectivity index is 2.25. The fraction of sp³-hybridized carbons (Fsp3) is 0.556. The Hall–Kier alpha value is -1.12. The van der Waals surface area contributed by atoms with E-state index in [1.807, 2.05) is 6.07 Å². The fourth-order valence-electron chi connectivity index (χ4n) is 3.25. The van der Waals surface area contributed by atoms with E-state index in [1.54, 1.807) is 19.0 Å². The van der Waals surface area contributed by atoms with Crippen LogP contribution in [0.15, 0.2) is 30.3 Å². The molecule has 0 unspecified atom stereocenters. The zero-order chi connectivity index (χ0) is 16.3. The number of rotatable bonds is 4. The summed E-state index contributed by atoms with van der Waals surface area (Å²) >= 11 is 0.237. The maximum atomic E-state index is 12.5. The van der Waals surface area contributed by atoms with Crippen molar-refractivity contribution in [2.24, 2.45) is 11.8 Å². The van der Waals surface area contributed by atoms with Gasteiger partial charge in [0.15, 0.2) is 0 Å². The fourth-order valence-corrected chi connectivity index (χ4v) is 5.99. The topological polar surface area (TPSA) is 37.4 Å². The molecule has 0 bridgehead atoms. The van der Waals surface area contributed by atoms with Crippen LogP contribution in [0.3, 0.4) is 0 Å². The second-order valence-corrected chi connectivity index (χ2v) is 10.3. The summed E-state index contributed by atoms with van der Waals surface area (Å²) in [4.78, 5) is 26.5. The monoisotopic (exact) mass is 367 g/mol. The van der Waals surface area contributed by atoms with Gasteiger partial charge in [0.1, 0.15) is 0 Å². The molecule has 0 spiro atoms. The summed E-state index contributed by atoms with van der Waals surface area (Å²) in [7, 11) is 3.49. The summed E-state index contributed by atoms with van der Waals surface area (Å²) < 4.78 is 1.31. The molecule has 0 saturated heterocycles. The van der Waals surface area contributed by atoms with E-state index in [2.05, 4.69) is 38.1 Å². The van der Waals surface area contributed by atoms with Crippen molar-refractivity contribution < 1.29 is 9.59 Å². The minimum absolute atomic E-state index is 0.0131. The molecule has 0 aliphatic heterocycles. The Morgan fingerprint density at radius 2 is 1.86 bits per heavy atom. The third-order valence-electron chi connectivity index (χ3n) is 4.41. The summed E-state index contributed by atoms with van der Waals surface area (Å²) in [5, 5.41) is 0. The van der Waals surface area contributed by atoms with Gasteiger partial charge in [-0.2, -0.15) is 0 Å². The molecule has 22 heavy (non-hydrogen) atoms. The average Bonchev–Trinajstić information content (AvgIpc) is 2.46. The van der Waals surface area contributed by atoms with E-state index < -0.39 is 5.92 Å². The van der Waals surface area contributed by atoms with Crippen molar-refractivity contribution in [3.8, 4) is 0 Å². The van der Waals surface area contributed by atoms with Crippen LogP contribution in [-0.2, 0) is 9.59 Å². The molecule has 1 fully saturated rings. The standard InChI is InChI=1S/C18H25NO2Se/c1-18(2,22-13-9-6-5-7-10-13)14-11-8-12-15(20)16(14)17(21)19(3)4/h5-7,9-10,14,16H,8,11-12H2,1-4H3/t14-,16+/m1/s1. The number of hydrogen-bond acceptors (Lipinski definition) is 2. The van der Waals surface area contributed by atoms with Gasteiger partial charge in [-0.25, -0.2) is 0 Å². The van der Waals surface area contributed by atoms with Crippen LogP contribution >= 0.6 is 0 Å². The molecule has 0 radical (unpaired) electrons. The van der Waals surface area contributed by atoms with E-state index in [0.29, 0.717) is 6.42 Å². The molecular weight excluding hydrogens is 341 g/mol. The predicted molar refractivity (Wildman–Crippen MR) is 90.4 cm³/mol. The predicted octanol–water partition coefficient (Wildman–Crippen LogP) is 2.29. The van der Waals surface area contributed by atoms with Crippen molar-refractivity contribution in [2.75, 3.05) is 14.1 Å². The van der Waals surface area contributed by atoms with E-state index in [4.69, 9.17) is 0 Å². The first-order valence-electron chi connectivity index (χ1n) is 7.81. The summed E-state index contributed by atoms with van der Waals surface area (Å²) in [5.41, 5.74) is 0. The molecule has 1 aromatic carbocycles. The van der Waals surface area contributed by atoms with Crippen LogP contribution in [0.25, 0.3) is 0 Å². The second kappa shape index (κ2) is 6.97. The van der Waals surface area contributed by atoms with Crippen molar-refractivity contribution in [2.45, 2.75) is 37.4 Å². The first-order valence-corrected chi connectivity index (χ1v) is 9.52. The second-order valence-electron chi connectivity index (χ2n) is 6.69. The van der Waals surface area contributed by atoms with Gasteiger partial charge in [0, 0.05) is 0 Å². The Labute approximate surface area is 139 Å². The zero-order valence-electron chi connectivity index (χ0n) is 13.8. The van der Waals surface area contributed by atoms with Gasteiger partial charge < -0.3 is 0 Å². The molecule has 2 rings (SSSR count). The molecule has 0 heterocycles. The van der Waals surface area contributed by atoms with Gasteiger partial charge in [0.25, 0.3) is 0 Å². The van der Waals surface area contributed by atoms with E-state index in [9.17, 15) is 9.59 Å². The third kappa shape index (κ3) is 3.79. The summed E-state index contributed by atoms with van der Waals surface area (Å²) in [5.74, 6) is -0.202. The van der Waals surface area contributed by atoms with Crippen molar-refractivity contribution in [3.05, 3.63) is 30.3 Å². The molecule has 2 atom stereocenters. The minimum atomic E-state index is -0.454. The molecule has 0 N–H and O–H groups in total. The van der Waals surface area contributed by atoms with Gasteiger partial charge in [-0.15, -0.1) is 0 Å². The molecule has 4 heteroatoms. The average molecular weight is 366 g/mol. The number of amides is 1. The van der Waals surface area contributed by atoms with Crippen LogP contribution in [0.1, 0.15) is 33.1 Å². The molecule has 1 aromatic rings. The van der Waals surface area contributed by atoms with Crippen LogP contribution < -0.4 is 4.46 Å². The number of carbonyl (C=O) groups is 2. The molecule has 1 saturated carbocycles. The van der Waals surface area contributed by atoms with Crippen molar-refractivity contribution >= 4 is 31.1 Å². The van der Waals surface area contributed by atoms with Gasteiger partial charge in [-0.05, 0) is 0 Å². The quantitative estimate of drug-likeness (QED) is 0.606. The molecule has 1 aliphatic rings. The normalized spacial score (nSPS) is 22.5. The number of ketones is 1. The van der Waals surface area contributed by atoms with E-state index in [-0.39, 0.29) is 36.9 Å². The maximum absolute atomic E-state index is 12.5. The van der Waals surface area contributed by atoms with Crippen LogP contribution in [0.5, 0.6) is 0 Å². The Morgan fingerprint density at radius 3 is 2.45 bits per heavy atom. The van der Waals surface area contributed by atoms with Gasteiger partial charge in [0.05, 0.1) is 0 Å². The Morgan fingerprint density at radius 1 is 1.23 bits per heavy atom. The van der Waals surface area contributed by atoms with Crippen LogP contribution in [-0.4, -0.2) is 45.6 Å². The molecule has 1 aliphatic carbocycles. The van der Waals surface area contributed by atoms with Gasteiger partial charge in [0.2, 0.25) is 0 Å². The Kier molecular flexibility index (Phi) is 5.46.